The predicted octanol–water partition coefficient (Wildman–Crippen LogP) is 4.24. The van der Waals surface area contributed by atoms with Crippen molar-refractivity contribution in [3.05, 3.63) is 27.3 Å². The van der Waals surface area contributed by atoms with Gasteiger partial charge >= 0.3 is 0 Å². The summed E-state index contributed by atoms with van der Waals surface area (Å²) in [6, 6.07) is 6.93. The molecule has 0 radical (unpaired) electrons. The number of benzene rings is 1. The first-order chi connectivity index (χ1) is 8.15. The molecule has 0 atom stereocenters. The molecule has 2 aliphatic rings. The number of fused-ring (bicyclic) bond motifs is 2. The number of halogens is 1. The summed E-state index contributed by atoms with van der Waals surface area (Å²) in [7, 11) is 2.23. The van der Waals surface area contributed by atoms with Gasteiger partial charge in [0.2, 0.25) is 5.69 Å². The fourth-order valence-electron chi connectivity index (χ4n) is 3.67. The molecule has 1 nitrogen and oxygen atoms in total. The number of hydrogen-bond donors (Lipinski definition) is 0. The Morgan fingerprint density at radius 2 is 1.88 bits per heavy atom. The fraction of sp³-hybridized carbons (Fsp3) is 0.533. The van der Waals surface area contributed by atoms with Crippen molar-refractivity contribution in [3.63, 3.8) is 0 Å². The van der Waals surface area contributed by atoms with Gasteiger partial charge in [-0.2, -0.15) is 0 Å². The quantitative estimate of drug-likeness (QED) is 0.491. The van der Waals surface area contributed by atoms with Crippen molar-refractivity contribution >= 4 is 34.0 Å². The highest BCUT2D eigenvalue weighted by Gasteiger charge is 2.49. The Bertz CT molecular complexity index is 496. The van der Waals surface area contributed by atoms with Gasteiger partial charge < -0.3 is 0 Å². The van der Waals surface area contributed by atoms with Crippen LogP contribution in [0.1, 0.15) is 44.6 Å². The van der Waals surface area contributed by atoms with Crippen LogP contribution in [0.2, 0.25) is 0 Å². The van der Waals surface area contributed by atoms with Gasteiger partial charge in [-0.1, -0.05) is 19.3 Å². The van der Waals surface area contributed by atoms with Crippen molar-refractivity contribution in [2.75, 3.05) is 7.05 Å². The third-order valence-electron chi connectivity index (χ3n) is 4.74. The lowest BCUT2D eigenvalue weighted by atomic mass is 9.68. The SMILES string of the molecule is CC1=[N+](C)c2ccc(I)cc2C12CCCCC2. The molecule has 0 aromatic heterocycles. The minimum atomic E-state index is 0.365. The van der Waals surface area contributed by atoms with Gasteiger partial charge in [-0.15, -0.1) is 0 Å². The normalized spacial score (nSPS) is 22.1. The summed E-state index contributed by atoms with van der Waals surface area (Å²) in [5.41, 5.74) is 4.95. The lowest BCUT2D eigenvalue weighted by Gasteiger charge is -2.31. The number of nitrogens with zero attached hydrogens (tertiary/aromatic N) is 1. The summed E-state index contributed by atoms with van der Waals surface area (Å²) < 4.78 is 3.78. The van der Waals surface area contributed by atoms with E-state index in [9.17, 15) is 0 Å². The standard InChI is InChI=1S/C15H19IN/c1-11-15(8-4-3-5-9-15)13-10-12(16)6-7-14(13)17(11)2/h6-7,10H,3-5,8-9H2,1-2H3/q+1. The summed E-state index contributed by atoms with van der Waals surface area (Å²) in [5, 5.41) is 0. The Morgan fingerprint density at radius 3 is 2.59 bits per heavy atom. The minimum Gasteiger partial charge on any atom is -0.202 e. The molecule has 1 aromatic rings. The van der Waals surface area contributed by atoms with E-state index in [1.165, 1.54) is 41.4 Å². The van der Waals surface area contributed by atoms with Crippen molar-refractivity contribution < 1.29 is 4.58 Å². The van der Waals surface area contributed by atoms with Crippen LogP contribution in [0.4, 0.5) is 5.69 Å². The van der Waals surface area contributed by atoms with Crippen LogP contribution in [-0.4, -0.2) is 17.3 Å². The molecule has 0 bridgehead atoms. The molecule has 1 spiro atoms. The topological polar surface area (TPSA) is 3.01 Å². The van der Waals surface area contributed by atoms with Crippen LogP contribution in [0.25, 0.3) is 0 Å². The molecule has 1 fully saturated rings. The van der Waals surface area contributed by atoms with Crippen molar-refractivity contribution in [2.45, 2.75) is 44.4 Å². The van der Waals surface area contributed by atoms with Crippen LogP contribution in [0, 0.1) is 3.57 Å². The molecule has 0 unspecified atom stereocenters. The van der Waals surface area contributed by atoms with E-state index in [-0.39, 0.29) is 0 Å². The Kier molecular flexibility index (Phi) is 2.80. The van der Waals surface area contributed by atoms with Crippen LogP contribution in [-0.2, 0) is 5.41 Å². The Hall–Kier alpha value is -0.380. The van der Waals surface area contributed by atoms with Gasteiger partial charge in [0, 0.05) is 22.1 Å². The third kappa shape index (κ3) is 1.60. The molecule has 1 aliphatic carbocycles. The largest absolute Gasteiger partial charge is 0.209 e. The second-order valence-corrected chi connectivity index (χ2v) is 6.69. The Labute approximate surface area is 117 Å². The smallest absolute Gasteiger partial charge is 0.202 e. The van der Waals surface area contributed by atoms with Crippen LogP contribution in [0.5, 0.6) is 0 Å². The van der Waals surface area contributed by atoms with Gasteiger partial charge in [-0.3, -0.25) is 0 Å². The van der Waals surface area contributed by atoms with Gasteiger partial charge in [0.25, 0.3) is 0 Å². The van der Waals surface area contributed by atoms with Gasteiger partial charge in [0.15, 0.2) is 5.71 Å². The monoisotopic (exact) mass is 340 g/mol. The van der Waals surface area contributed by atoms with E-state index in [1.54, 1.807) is 11.3 Å². The summed E-state index contributed by atoms with van der Waals surface area (Å²) in [5.74, 6) is 0. The molecule has 1 aromatic carbocycles. The van der Waals surface area contributed by atoms with E-state index in [0.717, 1.165) is 0 Å². The molecule has 90 valence electrons. The predicted molar refractivity (Wildman–Crippen MR) is 80.4 cm³/mol. The van der Waals surface area contributed by atoms with Gasteiger partial charge in [0.1, 0.15) is 7.05 Å². The van der Waals surface area contributed by atoms with Crippen molar-refractivity contribution in [1.82, 2.24) is 0 Å². The molecular weight excluding hydrogens is 321 g/mol. The van der Waals surface area contributed by atoms with Crippen molar-refractivity contribution in [1.29, 1.82) is 0 Å². The van der Waals surface area contributed by atoms with E-state index in [4.69, 9.17) is 0 Å². The molecule has 17 heavy (non-hydrogen) atoms. The molecule has 1 heterocycles. The van der Waals surface area contributed by atoms with E-state index in [1.807, 2.05) is 0 Å². The zero-order chi connectivity index (χ0) is 12.0. The number of hydrogen-bond acceptors (Lipinski definition) is 0. The lowest BCUT2D eigenvalue weighted by molar-refractivity contribution is -0.403. The van der Waals surface area contributed by atoms with Gasteiger partial charge in [0.05, 0.1) is 5.41 Å². The van der Waals surface area contributed by atoms with Crippen LogP contribution >= 0.6 is 22.6 Å². The average molecular weight is 340 g/mol. The molecule has 3 rings (SSSR count). The second kappa shape index (κ2) is 4.08. The van der Waals surface area contributed by atoms with Crippen LogP contribution in [0.15, 0.2) is 18.2 Å². The van der Waals surface area contributed by atoms with Crippen LogP contribution < -0.4 is 0 Å². The maximum Gasteiger partial charge on any atom is 0.209 e. The van der Waals surface area contributed by atoms with Crippen molar-refractivity contribution in [2.24, 2.45) is 0 Å². The van der Waals surface area contributed by atoms with E-state index >= 15 is 0 Å². The average Bonchev–Trinajstić information content (AvgIpc) is 2.54. The summed E-state index contributed by atoms with van der Waals surface area (Å²) >= 11 is 2.44. The van der Waals surface area contributed by atoms with E-state index < -0.39 is 0 Å². The highest BCUT2D eigenvalue weighted by Crippen LogP contribution is 2.48. The first-order valence-electron chi connectivity index (χ1n) is 6.53. The molecule has 0 N–H and O–H groups in total. The summed E-state index contributed by atoms with van der Waals surface area (Å²) in [6.45, 7) is 2.33. The molecule has 2 heteroatoms. The first kappa shape index (κ1) is 11.7. The second-order valence-electron chi connectivity index (χ2n) is 5.45. The maximum atomic E-state index is 2.44. The van der Waals surface area contributed by atoms with Gasteiger partial charge in [-0.05, 0) is 47.6 Å². The third-order valence-corrected chi connectivity index (χ3v) is 5.41. The lowest BCUT2D eigenvalue weighted by Crippen LogP contribution is -2.35. The zero-order valence-electron chi connectivity index (χ0n) is 10.6. The first-order valence-corrected chi connectivity index (χ1v) is 7.61. The molecule has 0 amide bonds. The van der Waals surface area contributed by atoms with E-state index in [0.29, 0.717) is 5.41 Å². The minimum absolute atomic E-state index is 0.365. The highest BCUT2D eigenvalue weighted by molar-refractivity contribution is 14.1. The number of rotatable bonds is 0. The summed E-state index contributed by atoms with van der Waals surface area (Å²) in [4.78, 5) is 0. The Balaban J connectivity index is 2.21. The highest BCUT2D eigenvalue weighted by atomic mass is 127. The van der Waals surface area contributed by atoms with E-state index in [2.05, 4.69) is 59.3 Å². The molecule has 1 saturated carbocycles. The molecular formula is C15H19IN+. The maximum absolute atomic E-state index is 2.44. The summed E-state index contributed by atoms with van der Waals surface area (Å²) in [6.07, 6.45) is 6.87. The zero-order valence-corrected chi connectivity index (χ0v) is 12.8. The molecule has 1 aliphatic heterocycles. The molecule has 0 saturated heterocycles. The van der Waals surface area contributed by atoms with Crippen LogP contribution in [0.3, 0.4) is 0 Å². The fourth-order valence-corrected chi connectivity index (χ4v) is 4.16. The van der Waals surface area contributed by atoms with Crippen molar-refractivity contribution in [3.8, 4) is 0 Å². The van der Waals surface area contributed by atoms with Gasteiger partial charge in [-0.25, -0.2) is 4.58 Å². The Morgan fingerprint density at radius 1 is 1.18 bits per heavy atom.